The van der Waals surface area contributed by atoms with Gasteiger partial charge in [-0.3, -0.25) is 64.4 Å². The van der Waals surface area contributed by atoms with E-state index in [-0.39, 0.29) is 57.9 Å². The van der Waals surface area contributed by atoms with Crippen molar-refractivity contribution in [2.24, 2.45) is 5.92 Å². The quantitative estimate of drug-likeness (QED) is 0.107. The molecule has 7 rings (SSSR count). The van der Waals surface area contributed by atoms with E-state index in [1.54, 1.807) is 0 Å². The normalized spacial score (nSPS) is 13.9. The van der Waals surface area contributed by atoms with Gasteiger partial charge in [0, 0.05) is 35.4 Å². The van der Waals surface area contributed by atoms with Crippen molar-refractivity contribution in [3.05, 3.63) is 158 Å². The Morgan fingerprint density at radius 3 is 1.56 bits per heavy atom. The molecule has 1 atom stereocenters. The van der Waals surface area contributed by atoms with Crippen molar-refractivity contribution in [1.82, 2.24) is 0 Å². The van der Waals surface area contributed by atoms with Crippen LogP contribution in [0.25, 0.3) is 0 Å². The number of ether oxygens (including phenoxy) is 2. The minimum absolute atomic E-state index is 0.0222. The average Bonchev–Trinajstić information content (AvgIpc) is 3.79. The van der Waals surface area contributed by atoms with Crippen LogP contribution in [0.5, 0.6) is 0 Å². The number of nitrogens with zero attached hydrogens (tertiary/aromatic N) is 4. The number of benzene rings is 4. The van der Waals surface area contributed by atoms with Crippen LogP contribution >= 0.6 is 0 Å². The number of carbonyl (C=O) groups is 9. The number of carbonyl (C=O) groups excluding carboxylic acids is 7. The monoisotopic (exact) mass is 858 g/mol. The van der Waals surface area contributed by atoms with E-state index in [2.05, 4.69) is 9.47 Å². The third-order valence-corrected chi connectivity index (χ3v) is 8.47. The van der Waals surface area contributed by atoms with Gasteiger partial charge in [0.2, 0.25) is 0 Å². The van der Waals surface area contributed by atoms with E-state index in [1.807, 2.05) is 0 Å². The topological polar surface area (TPSA) is 385 Å². The molecule has 2 N–H and O–H groups in total. The Kier molecular flexibility index (Phi) is 13.6. The van der Waals surface area contributed by atoms with Gasteiger partial charge >= 0.3 is 29.8 Å². The molecule has 0 aromatic heterocycles. The number of ketones is 4. The summed E-state index contributed by atoms with van der Waals surface area (Å²) in [5.41, 5.74) is -3.89. The maximum Gasteiger partial charge on any atom is 0.353 e. The molecular weight excluding hydrogens is 836 g/mol. The molecule has 0 fully saturated rings. The number of esters is 3. The molecule has 0 bridgehead atoms. The molecule has 0 spiro atoms. The SMILES string of the molecule is CCOC(=O)C1C(=O)c2cccc([N+](=O)[O-])c2C1=O.O=C(O)c1cccc([N+](=O)[O-])c1C(=O)O.O=C1CC(=O)c2c1cccc2[N+](=O)[O-].O=C1OC(=O)c2c1cccc2[N+](=O)[O-]. The first kappa shape index (κ1) is 45.4. The molecule has 3 aliphatic rings. The first-order valence-corrected chi connectivity index (χ1v) is 16.8. The second-order valence-electron chi connectivity index (χ2n) is 12.1. The number of nitro benzene ring substituents is 4. The molecule has 1 heterocycles. The molecule has 0 saturated carbocycles. The number of hydrogen-bond donors (Lipinski definition) is 2. The van der Waals surface area contributed by atoms with Crippen LogP contribution < -0.4 is 0 Å². The maximum atomic E-state index is 12.0. The van der Waals surface area contributed by atoms with Crippen LogP contribution in [0.3, 0.4) is 0 Å². The van der Waals surface area contributed by atoms with Gasteiger partial charge in [-0.25, -0.2) is 19.2 Å². The summed E-state index contributed by atoms with van der Waals surface area (Å²) in [5, 5.41) is 59.7. The number of hydrogen-bond acceptors (Lipinski definition) is 19. The predicted octanol–water partition coefficient (Wildman–Crippen LogP) is 4.41. The average molecular weight is 859 g/mol. The third-order valence-electron chi connectivity index (χ3n) is 8.47. The van der Waals surface area contributed by atoms with Crippen LogP contribution in [0.15, 0.2) is 72.8 Å². The zero-order valence-corrected chi connectivity index (χ0v) is 30.9. The standard InChI is InChI=1S/C12H9NO6.C9H5NO4.C8H5NO6.C8H3NO5/c1-2-19-12(16)9-10(14)6-4-3-5-7(13(17)18)8(6)11(9)15;11-7-4-8(12)9-5(7)2-1-3-6(9)10(13)14;10-7(11)4-2-1-3-5(9(14)15)6(4)8(12)13;10-7-4-2-1-3-5(9(12)13)6(4)8(11)14-7/h3-5,9H,2H2,1H3;1-3H,4H2;1-3H,(H,10,11)(H,12,13);1-3H. The van der Waals surface area contributed by atoms with Gasteiger partial charge in [0.15, 0.2) is 40.2 Å². The van der Waals surface area contributed by atoms with Gasteiger partial charge in [-0.2, -0.15) is 0 Å². The van der Waals surface area contributed by atoms with Gasteiger partial charge in [0.25, 0.3) is 22.7 Å². The van der Waals surface area contributed by atoms with Crippen molar-refractivity contribution in [2.75, 3.05) is 6.61 Å². The first-order valence-electron chi connectivity index (χ1n) is 16.8. The van der Waals surface area contributed by atoms with Crippen molar-refractivity contribution in [3.8, 4) is 0 Å². The zero-order valence-electron chi connectivity index (χ0n) is 30.9. The molecule has 25 heteroatoms. The van der Waals surface area contributed by atoms with Crippen molar-refractivity contribution in [1.29, 1.82) is 0 Å². The van der Waals surface area contributed by atoms with Crippen LogP contribution in [-0.4, -0.2) is 89.5 Å². The molecule has 2 aliphatic carbocycles. The molecule has 4 aromatic rings. The fraction of sp³-hybridized carbons (Fsp3) is 0.108. The Hall–Kier alpha value is -9.29. The molecule has 62 heavy (non-hydrogen) atoms. The third kappa shape index (κ3) is 9.04. The largest absolute Gasteiger partial charge is 0.478 e. The lowest BCUT2D eigenvalue weighted by molar-refractivity contribution is -0.385. The van der Waals surface area contributed by atoms with Gasteiger partial charge in [0.1, 0.15) is 11.1 Å². The van der Waals surface area contributed by atoms with Gasteiger partial charge in [-0.15, -0.1) is 0 Å². The fourth-order valence-electron chi connectivity index (χ4n) is 5.92. The Bertz CT molecular complexity index is 2600. The minimum Gasteiger partial charge on any atom is -0.478 e. The van der Waals surface area contributed by atoms with E-state index in [9.17, 15) is 83.6 Å². The van der Waals surface area contributed by atoms with Crippen molar-refractivity contribution >= 4 is 75.7 Å². The van der Waals surface area contributed by atoms with E-state index in [1.165, 1.54) is 49.4 Å². The summed E-state index contributed by atoms with van der Waals surface area (Å²) in [6.45, 7) is 1.56. The number of Topliss-reactive ketones (excluding diaryl/α,β-unsaturated/α-hetero) is 4. The number of carboxylic acids is 2. The molecule has 25 nitrogen and oxygen atoms in total. The maximum absolute atomic E-state index is 12.0. The summed E-state index contributed by atoms with van der Waals surface area (Å²) >= 11 is 0. The lowest BCUT2D eigenvalue weighted by Crippen LogP contribution is -2.27. The molecule has 1 aliphatic heterocycles. The molecular formula is C37H22N4O21. The predicted molar refractivity (Wildman–Crippen MR) is 198 cm³/mol. The van der Waals surface area contributed by atoms with Gasteiger partial charge < -0.3 is 19.7 Å². The van der Waals surface area contributed by atoms with Crippen molar-refractivity contribution < 1.29 is 82.5 Å². The fourth-order valence-corrected chi connectivity index (χ4v) is 5.92. The Balaban J connectivity index is 0.000000183. The van der Waals surface area contributed by atoms with E-state index in [4.69, 9.17) is 10.2 Å². The highest BCUT2D eigenvalue weighted by Crippen LogP contribution is 2.34. The highest BCUT2D eigenvalue weighted by Gasteiger charge is 2.48. The number of fused-ring (bicyclic) bond motifs is 3. The lowest BCUT2D eigenvalue weighted by atomic mass is 10.0. The summed E-state index contributed by atoms with van der Waals surface area (Å²) in [6, 6.07) is 14.7. The second kappa shape index (κ2) is 18.5. The Morgan fingerprint density at radius 2 is 1.06 bits per heavy atom. The van der Waals surface area contributed by atoms with Gasteiger partial charge in [0.05, 0.1) is 43.8 Å². The number of aromatic carboxylic acids is 2. The number of nitro groups is 4. The minimum atomic E-state index is -1.64. The summed E-state index contributed by atoms with van der Waals surface area (Å²) in [4.78, 5) is 141. The molecule has 316 valence electrons. The highest BCUT2D eigenvalue weighted by atomic mass is 16.6. The van der Waals surface area contributed by atoms with Crippen molar-refractivity contribution in [2.45, 2.75) is 13.3 Å². The zero-order chi connectivity index (χ0) is 46.3. The molecule has 0 radical (unpaired) electrons. The summed E-state index contributed by atoms with van der Waals surface area (Å²) < 4.78 is 8.89. The van der Waals surface area contributed by atoms with Gasteiger partial charge in [-0.1, -0.05) is 36.4 Å². The molecule has 4 aromatic carbocycles. The summed E-state index contributed by atoms with van der Waals surface area (Å²) in [5.74, 6) is -9.96. The van der Waals surface area contributed by atoms with Gasteiger partial charge in [-0.05, 0) is 19.1 Å². The number of rotatable bonds is 8. The van der Waals surface area contributed by atoms with E-state index in [0.29, 0.717) is 0 Å². The molecule has 0 amide bonds. The lowest BCUT2D eigenvalue weighted by Gasteiger charge is -2.05. The van der Waals surface area contributed by atoms with Crippen LogP contribution in [0.2, 0.25) is 0 Å². The molecule has 1 unspecified atom stereocenters. The Morgan fingerprint density at radius 1 is 0.597 bits per heavy atom. The van der Waals surface area contributed by atoms with Crippen LogP contribution in [-0.2, 0) is 14.3 Å². The number of cyclic esters (lactones) is 2. The second-order valence-corrected chi connectivity index (χ2v) is 12.1. The van der Waals surface area contributed by atoms with E-state index in [0.717, 1.165) is 30.3 Å². The highest BCUT2D eigenvalue weighted by molar-refractivity contribution is 6.35. The summed E-state index contributed by atoms with van der Waals surface area (Å²) in [7, 11) is 0. The van der Waals surface area contributed by atoms with Crippen LogP contribution in [0.4, 0.5) is 22.7 Å². The summed E-state index contributed by atoms with van der Waals surface area (Å²) in [6.07, 6.45) is -0.250. The van der Waals surface area contributed by atoms with Crippen LogP contribution in [0, 0.1) is 46.4 Å². The van der Waals surface area contributed by atoms with E-state index < -0.39 is 101 Å². The smallest absolute Gasteiger partial charge is 0.353 e. The first-order chi connectivity index (χ1) is 29.2. The van der Waals surface area contributed by atoms with Crippen LogP contribution in [0.1, 0.15) is 96.2 Å². The molecule has 0 saturated heterocycles. The number of carboxylic acid groups (broad SMARTS) is 2. The Labute approximate surface area is 341 Å². The van der Waals surface area contributed by atoms with Crippen molar-refractivity contribution in [3.63, 3.8) is 0 Å². The van der Waals surface area contributed by atoms with E-state index >= 15 is 0 Å².